The van der Waals surface area contributed by atoms with Crippen molar-refractivity contribution < 1.29 is 23.4 Å². The van der Waals surface area contributed by atoms with Gasteiger partial charge in [0.05, 0.1) is 6.10 Å². The summed E-state index contributed by atoms with van der Waals surface area (Å²) in [4.78, 5) is 11.2. The average molecular weight is 306 g/mol. The van der Waals surface area contributed by atoms with Gasteiger partial charge in [-0.05, 0) is 18.3 Å². The number of carboxylic acids is 1. The maximum absolute atomic E-state index is 12.6. The molecule has 0 amide bonds. The van der Waals surface area contributed by atoms with E-state index in [1.165, 1.54) is 4.31 Å². The first-order valence-corrected chi connectivity index (χ1v) is 8.29. The highest BCUT2D eigenvalue weighted by Gasteiger charge is 2.46. The van der Waals surface area contributed by atoms with Gasteiger partial charge in [-0.25, -0.2) is 0 Å². The van der Waals surface area contributed by atoms with Crippen LogP contribution >= 0.6 is 0 Å². The van der Waals surface area contributed by atoms with Crippen molar-refractivity contribution in [3.05, 3.63) is 0 Å². The average Bonchev–Trinajstić information content (AvgIpc) is 2.71. The molecule has 2 aliphatic rings. The number of aliphatic hydroxyl groups is 1. The predicted octanol–water partition coefficient (Wildman–Crippen LogP) is -0.271. The molecule has 8 heteroatoms. The van der Waals surface area contributed by atoms with Crippen LogP contribution in [-0.4, -0.2) is 65.0 Å². The molecule has 0 aromatic heterocycles. The van der Waals surface area contributed by atoms with Crippen LogP contribution in [0.4, 0.5) is 0 Å². The van der Waals surface area contributed by atoms with Crippen LogP contribution in [0.1, 0.15) is 26.7 Å². The van der Waals surface area contributed by atoms with Gasteiger partial charge in [-0.1, -0.05) is 13.8 Å². The number of piperidine rings is 1. The van der Waals surface area contributed by atoms with Crippen molar-refractivity contribution in [2.24, 2.45) is 11.8 Å². The van der Waals surface area contributed by atoms with E-state index in [2.05, 4.69) is 0 Å². The normalized spacial score (nSPS) is 37.1. The van der Waals surface area contributed by atoms with E-state index in [-0.39, 0.29) is 24.8 Å². The number of rotatable bonds is 3. The molecule has 0 radical (unpaired) electrons. The molecule has 2 heterocycles. The molecule has 2 aliphatic heterocycles. The zero-order valence-electron chi connectivity index (χ0n) is 11.8. The number of nitrogens with zero attached hydrogens (tertiary/aromatic N) is 2. The number of carboxylic acid groups (broad SMARTS) is 1. The monoisotopic (exact) mass is 306 g/mol. The highest BCUT2D eigenvalue weighted by molar-refractivity contribution is 7.86. The first-order valence-electron chi connectivity index (χ1n) is 6.89. The minimum atomic E-state index is -3.83. The Morgan fingerprint density at radius 1 is 1.10 bits per heavy atom. The summed E-state index contributed by atoms with van der Waals surface area (Å²) in [6.45, 7) is 4.66. The standard InChI is InChI=1S/C12H22N2O5S/c1-8-3-9(2)6-13(5-8)20(18,19)14-7-10(15)4-11(14)12(16)17/h8-11,15H,3-7H2,1-2H3,(H,16,17)/t8?,9?,10?,11-/m0/s1. The van der Waals surface area contributed by atoms with Crippen molar-refractivity contribution in [1.82, 2.24) is 8.61 Å². The number of hydrogen-bond acceptors (Lipinski definition) is 4. The number of carbonyl (C=O) groups is 1. The maximum atomic E-state index is 12.6. The van der Waals surface area contributed by atoms with Gasteiger partial charge in [0.2, 0.25) is 0 Å². The van der Waals surface area contributed by atoms with Crippen LogP contribution in [0.25, 0.3) is 0 Å². The lowest BCUT2D eigenvalue weighted by Gasteiger charge is -2.37. The van der Waals surface area contributed by atoms with Gasteiger partial charge in [0.25, 0.3) is 10.2 Å². The maximum Gasteiger partial charge on any atom is 0.322 e. The Kier molecular flexibility index (Phi) is 4.38. The molecule has 7 nitrogen and oxygen atoms in total. The van der Waals surface area contributed by atoms with E-state index in [0.717, 1.165) is 10.7 Å². The first kappa shape index (κ1) is 15.7. The molecular formula is C12H22N2O5S. The molecule has 0 bridgehead atoms. The van der Waals surface area contributed by atoms with Crippen molar-refractivity contribution in [3.63, 3.8) is 0 Å². The summed E-state index contributed by atoms with van der Waals surface area (Å²) < 4.78 is 27.5. The smallest absolute Gasteiger partial charge is 0.322 e. The number of aliphatic carboxylic acids is 1. The molecule has 3 unspecified atom stereocenters. The molecule has 4 atom stereocenters. The number of aliphatic hydroxyl groups excluding tert-OH is 1. The second-order valence-corrected chi connectivity index (χ2v) is 7.97. The minimum absolute atomic E-state index is 0.0481. The van der Waals surface area contributed by atoms with Gasteiger partial charge in [0, 0.05) is 26.1 Å². The predicted molar refractivity (Wildman–Crippen MR) is 72.2 cm³/mol. The summed E-state index contributed by atoms with van der Waals surface area (Å²) in [6, 6.07) is -1.16. The van der Waals surface area contributed by atoms with E-state index in [0.29, 0.717) is 13.1 Å². The Hall–Kier alpha value is -0.700. The molecule has 2 rings (SSSR count). The molecule has 20 heavy (non-hydrogen) atoms. The van der Waals surface area contributed by atoms with E-state index in [9.17, 15) is 18.3 Å². The molecule has 0 saturated carbocycles. The lowest BCUT2D eigenvalue weighted by Crippen LogP contribution is -2.52. The van der Waals surface area contributed by atoms with Crippen LogP contribution in [-0.2, 0) is 15.0 Å². The summed E-state index contributed by atoms with van der Waals surface area (Å²) in [6.07, 6.45) is 0.00958. The van der Waals surface area contributed by atoms with Gasteiger partial charge in [-0.2, -0.15) is 17.0 Å². The Labute approximate surface area is 119 Å². The van der Waals surface area contributed by atoms with E-state index in [1.54, 1.807) is 0 Å². The Balaban J connectivity index is 2.23. The van der Waals surface area contributed by atoms with Crippen molar-refractivity contribution in [2.75, 3.05) is 19.6 Å². The molecule has 0 spiro atoms. The molecule has 0 aliphatic carbocycles. The molecular weight excluding hydrogens is 284 g/mol. The fraction of sp³-hybridized carbons (Fsp3) is 0.917. The van der Waals surface area contributed by atoms with Crippen molar-refractivity contribution in [1.29, 1.82) is 0 Å². The minimum Gasteiger partial charge on any atom is -0.480 e. The SMILES string of the molecule is CC1CC(C)CN(S(=O)(=O)N2CC(O)C[C@H]2C(=O)O)C1. The fourth-order valence-electron chi connectivity index (χ4n) is 3.21. The summed E-state index contributed by atoms with van der Waals surface area (Å²) in [5, 5.41) is 18.7. The van der Waals surface area contributed by atoms with Gasteiger partial charge in [-0.15, -0.1) is 0 Å². The lowest BCUT2D eigenvalue weighted by atomic mass is 9.94. The van der Waals surface area contributed by atoms with E-state index >= 15 is 0 Å². The summed E-state index contributed by atoms with van der Waals surface area (Å²) in [7, 11) is -3.83. The summed E-state index contributed by atoms with van der Waals surface area (Å²) in [5.74, 6) is -0.697. The van der Waals surface area contributed by atoms with E-state index < -0.39 is 28.3 Å². The Bertz CT molecular complexity index is 470. The topological polar surface area (TPSA) is 98.2 Å². The van der Waals surface area contributed by atoms with Crippen LogP contribution in [0.3, 0.4) is 0 Å². The van der Waals surface area contributed by atoms with Crippen LogP contribution < -0.4 is 0 Å². The second kappa shape index (κ2) is 5.59. The third-order valence-corrected chi connectivity index (χ3v) is 5.92. The molecule has 116 valence electrons. The van der Waals surface area contributed by atoms with Crippen LogP contribution in [0.5, 0.6) is 0 Å². The van der Waals surface area contributed by atoms with Crippen LogP contribution in [0, 0.1) is 11.8 Å². The van der Waals surface area contributed by atoms with E-state index in [1.807, 2.05) is 13.8 Å². The van der Waals surface area contributed by atoms with Crippen molar-refractivity contribution >= 4 is 16.2 Å². The Morgan fingerprint density at radius 2 is 1.65 bits per heavy atom. The first-order chi connectivity index (χ1) is 9.21. The van der Waals surface area contributed by atoms with Gasteiger partial charge in [0.1, 0.15) is 6.04 Å². The van der Waals surface area contributed by atoms with Crippen molar-refractivity contribution in [2.45, 2.75) is 38.8 Å². The largest absolute Gasteiger partial charge is 0.480 e. The van der Waals surface area contributed by atoms with Crippen molar-refractivity contribution in [3.8, 4) is 0 Å². The number of β-amino-alcohol motifs (C(OH)–C–C–N with tert-alkyl or cyclic N) is 1. The zero-order chi connectivity index (χ0) is 15.1. The van der Waals surface area contributed by atoms with Gasteiger partial charge >= 0.3 is 5.97 Å². The summed E-state index contributed by atoms with van der Waals surface area (Å²) >= 11 is 0. The highest BCUT2D eigenvalue weighted by atomic mass is 32.2. The highest BCUT2D eigenvalue weighted by Crippen LogP contribution is 2.29. The van der Waals surface area contributed by atoms with E-state index in [4.69, 9.17) is 5.11 Å². The molecule has 2 N–H and O–H groups in total. The van der Waals surface area contributed by atoms with Gasteiger partial charge in [-0.3, -0.25) is 4.79 Å². The molecule has 2 fully saturated rings. The summed E-state index contributed by atoms with van der Waals surface area (Å²) in [5.41, 5.74) is 0. The molecule has 2 saturated heterocycles. The van der Waals surface area contributed by atoms with Crippen LogP contribution in [0.2, 0.25) is 0 Å². The lowest BCUT2D eigenvalue weighted by molar-refractivity contribution is -0.140. The second-order valence-electron chi connectivity index (χ2n) is 6.08. The third-order valence-electron chi connectivity index (χ3n) is 3.98. The fourth-order valence-corrected chi connectivity index (χ4v) is 5.25. The third kappa shape index (κ3) is 2.98. The van der Waals surface area contributed by atoms with Gasteiger partial charge in [0.15, 0.2) is 0 Å². The molecule has 0 aromatic carbocycles. The zero-order valence-corrected chi connectivity index (χ0v) is 12.6. The quantitative estimate of drug-likeness (QED) is 0.748. The Morgan fingerprint density at radius 3 is 2.15 bits per heavy atom. The van der Waals surface area contributed by atoms with Crippen LogP contribution in [0.15, 0.2) is 0 Å². The molecule has 0 aromatic rings. The van der Waals surface area contributed by atoms with Gasteiger partial charge < -0.3 is 10.2 Å². The number of hydrogen-bond donors (Lipinski definition) is 2.